The normalized spacial score (nSPS) is 38.7. The van der Waals surface area contributed by atoms with Crippen LogP contribution in [0.4, 0.5) is 0 Å². The summed E-state index contributed by atoms with van der Waals surface area (Å²) in [6.07, 6.45) is 6.00. The van der Waals surface area contributed by atoms with Gasteiger partial charge in [-0.25, -0.2) is 0 Å². The first-order chi connectivity index (χ1) is 8.90. The van der Waals surface area contributed by atoms with Gasteiger partial charge in [0.05, 0.1) is 26.4 Å². The van der Waals surface area contributed by atoms with Crippen LogP contribution in [0.2, 0.25) is 0 Å². The maximum atomic E-state index is 5.71. The molecule has 4 nitrogen and oxygen atoms in total. The van der Waals surface area contributed by atoms with E-state index in [0.29, 0.717) is 12.2 Å². The molecule has 104 valence electrons. The second-order valence-corrected chi connectivity index (χ2v) is 5.88. The van der Waals surface area contributed by atoms with E-state index in [2.05, 4.69) is 0 Å². The first-order valence-corrected chi connectivity index (χ1v) is 7.29. The Labute approximate surface area is 109 Å². The number of epoxide rings is 2. The molecule has 0 amide bonds. The summed E-state index contributed by atoms with van der Waals surface area (Å²) >= 11 is 0. The Bertz CT molecular complexity index is 226. The van der Waals surface area contributed by atoms with Crippen molar-refractivity contribution >= 4 is 0 Å². The average Bonchev–Trinajstić information content (AvgIpc) is 3.25. The molecule has 4 unspecified atom stereocenters. The zero-order valence-electron chi connectivity index (χ0n) is 11.0. The van der Waals surface area contributed by atoms with E-state index in [0.717, 1.165) is 51.5 Å². The van der Waals surface area contributed by atoms with Crippen molar-refractivity contribution in [3.8, 4) is 0 Å². The Morgan fingerprint density at radius 1 is 0.778 bits per heavy atom. The van der Waals surface area contributed by atoms with E-state index in [1.807, 2.05) is 0 Å². The molecule has 0 bridgehead atoms. The summed E-state index contributed by atoms with van der Waals surface area (Å²) in [4.78, 5) is 0. The van der Waals surface area contributed by atoms with Crippen LogP contribution in [0, 0.1) is 11.8 Å². The summed E-state index contributed by atoms with van der Waals surface area (Å²) < 4.78 is 21.7. The SMILES string of the molecule is C1CC(COCC2CO2)CC(COCC2CO2)C1. The molecule has 0 spiro atoms. The van der Waals surface area contributed by atoms with Crippen LogP contribution in [0.1, 0.15) is 25.7 Å². The molecule has 2 heterocycles. The van der Waals surface area contributed by atoms with Crippen molar-refractivity contribution in [3.05, 3.63) is 0 Å². The van der Waals surface area contributed by atoms with Gasteiger partial charge in [-0.15, -0.1) is 0 Å². The van der Waals surface area contributed by atoms with E-state index in [9.17, 15) is 0 Å². The van der Waals surface area contributed by atoms with Crippen LogP contribution in [0.15, 0.2) is 0 Å². The number of hydrogen-bond acceptors (Lipinski definition) is 4. The first-order valence-electron chi connectivity index (χ1n) is 7.29. The van der Waals surface area contributed by atoms with Gasteiger partial charge in [-0.05, 0) is 31.1 Å². The standard InChI is InChI=1S/C14H24O4/c1-2-11(5-15-7-13-9-17-13)4-12(3-1)6-16-8-14-10-18-14/h11-14H,1-10H2. The molecule has 1 saturated carbocycles. The summed E-state index contributed by atoms with van der Waals surface area (Å²) in [7, 11) is 0. The molecule has 0 aromatic carbocycles. The summed E-state index contributed by atoms with van der Waals surface area (Å²) in [6, 6.07) is 0. The molecule has 4 heteroatoms. The predicted molar refractivity (Wildman–Crippen MR) is 66.6 cm³/mol. The highest BCUT2D eigenvalue weighted by Gasteiger charge is 2.27. The maximum Gasteiger partial charge on any atom is 0.104 e. The van der Waals surface area contributed by atoms with E-state index in [-0.39, 0.29) is 0 Å². The summed E-state index contributed by atoms with van der Waals surface area (Å²) in [5.41, 5.74) is 0. The Kier molecular flexibility index (Phi) is 4.52. The Balaban J connectivity index is 1.26. The van der Waals surface area contributed by atoms with E-state index in [4.69, 9.17) is 18.9 Å². The summed E-state index contributed by atoms with van der Waals surface area (Å²) in [6.45, 7) is 5.17. The zero-order chi connectivity index (χ0) is 12.2. The highest BCUT2D eigenvalue weighted by Crippen LogP contribution is 2.29. The lowest BCUT2D eigenvalue weighted by atomic mass is 9.82. The van der Waals surface area contributed by atoms with Crippen LogP contribution in [-0.2, 0) is 18.9 Å². The lowest BCUT2D eigenvalue weighted by Gasteiger charge is -2.28. The van der Waals surface area contributed by atoms with Gasteiger partial charge in [0.25, 0.3) is 0 Å². The van der Waals surface area contributed by atoms with Crippen LogP contribution < -0.4 is 0 Å². The molecule has 2 saturated heterocycles. The lowest BCUT2D eigenvalue weighted by Crippen LogP contribution is -2.24. The Hall–Kier alpha value is -0.160. The smallest absolute Gasteiger partial charge is 0.104 e. The van der Waals surface area contributed by atoms with Crippen molar-refractivity contribution in [2.45, 2.75) is 37.9 Å². The van der Waals surface area contributed by atoms with E-state index < -0.39 is 0 Å². The highest BCUT2D eigenvalue weighted by molar-refractivity contribution is 4.75. The molecule has 3 aliphatic rings. The van der Waals surface area contributed by atoms with Crippen LogP contribution in [0.25, 0.3) is 0 Å². The van der Waals surface area contributed by atoms with Gasteiger partial charge in [-0.2, -0.15) is 0 Å². The molecule has 0 radical (unpaired) electrons. The van der Waals surface area contributed by atoms with Gasteiger partial charge in [0.15, 0.2) is 0 Å². The summed E-state index contributed by atoms with van der Waals surface area (Å²) in [5, 5.41) is 0. The van der Waals surface area contributed by atoms with Crippen molar-refractivity contribution in [1.29, 1.82) is 0 Å². The minimum Gasteiger partial charge on any atom is -0.378 e. The lowest BCUT2D eigenvalue weighted by molar-refractivity contribution is 0.0342. The molecule has 2 aliphatic heterocycles. The van der Waals surface area contributed by atoms with E-state index in [1.54, 1.807) is 0 Å². The molecule has 0 aromatic rings. The Morgan fingerprint density at radius 2 is 1.28 bits per heavy atom. The van der Waals surface area contributed by atoms with Gasteiger partial charge in [0.1, 0.15) is 12.2 Å². The molecular weight excluding hydrogens is 232 g/mol. The fourth-order valence-electron chi connectivity index (χ4n) is 2.77. The van der Waals surface area contributed by atoms with Gasteiger partial charge < -0.3 is 18.9 Å². The van der Waals surface area contributed by atoms with E-state index >= 15 is 0 Å². The van der Waals surface area contributed by atoms with Crippen LogP contribution in [0.3, 0.4) is 0 Å². The molecule has 3 rings (SSSR count). The third kappa shape index (κ3) is 4.50. The largest absolute Gasteiger partial charge is 0.378 e. The molecule has 1 aliphatic carbocycles. The number of hydrogen-bond donors (Lipinski definition) is 0. The van der Waals surface area contributed by atoms with E-state index in [1.165, 1.54) is 25.7 Å². The topological polar surface area (TPSA) is 43.5 Å². The van der Waals surface area contributed by atoms with Gasteiger partial charge in [0, 0.05) is 13.2 Å². The molecule has 4 atom stereocenters. The maximum absolute atomic E-state index is 5.71. The van der Waals surface area contributed by atoms with Crippen LogP contribution in [-0.4, -0.2) is 51.8 Å². The molecule has 0 N–H and O–H groups in total. The predicted octanol–water partition coefficient (Wildman–Crippen LogP) is 1.62. The minimum absolute atomic E-state index is 0.395. The van der Waals surface area contributed by atoms with Crippen molar-refractivity contribution < 1.29 is 18.9 Å². The molecule has 18 heavy (non-hydrogen) atoms. The van der Waals surface area contributed by atoms with Crippen LogP contribution in [0.5, 0.6) is 0 Å². The Morgan fingerprint density at radius 3 is 1.72 bits per heavy atom. The van der Waals surface area contributed by atoms with Crippen molar-refractivity contribution in [1.82, 2.24) is 0 Å². The molecular formula is C14H24O4. The quantitative estimate of drug-likeness (QED) is 0.619. The first kappa shape index (κ1) is 12.9. The third-order valence-electron chi connectivity index (χ3n) is 4.01. The van der Waals surface area contributed by atoms with Crippen molar-refractivity contribution in [2.24, 2.45) is 11.8 Å². The zero-order valence-corrected chi connectivity index (χ0v) is 11.0. The molecule has 3 fully saturated rings. The van der Waals surface area contributed by atoms with Crippen molar-refractivity contribution in [3.63, 3.8) is 0 Å². The average molecular weight is 256 g/mol. The number of ether oxygens (including phenoxy) is 4. The fourth-order valence-corrected chi connectivity index (χ4v) is 2.77. The minimum atomic E-state index is 0.395. The van der Waals surface area contributed by atoms with Crippen molar-refractivity contribution in [2.75, 3.05) is 39.6 Å². The monoisotopic (exact) mass is 256 g/mol. The third-order valence-corrected chi connectivity index (χ3v) is 4.01. The van der Waals surface area contributed by atoms with Gasteiger partial charge in [0.2, 0.25) is 0 Å². The second kappa shape index (κ2) is 6.33. The van der Waals surface area contributed by atoms with Crippen LogP contribution >= 0.6 is 0 Å². The van der Waals surface area contributed by atoms with Gasteiger partial charge in [-0.1, -0.05) is 6.42 Å². The second-order valence-electron chi connectivity index (χ2n) is 5.88. The van der Waals surface area contributed by atoms with Gasteiger partial charge in [-0.3, -0.25) is 0 Å². The number of rotatable bonds is 8. The molecule has 0 aromatic heterocycles. The summed E-state index contributed by atoms with van der Waals surface area (Å²) in [5.74, 6) is 1.45. The van der Waals surface area contributed by atoms with Gasteiger partial charge >= 0.3 is 0 Å². The highest BCUT2D eigenvalue weighted by atomic mass is 16.6. The fraction of sp³-hybridized carbons (Fsp3) is 1.00.